The van der Waals surface area contributed by atoms with Crippen molar-refractivity contribution >= 4 is 11.3 Å². The minimum atomic E-state index is -0.000318. The van der Waals surface area contributed by atoms with E-state index in [1.54, 1.807) is 0 Å². The van der Waals surface area contributed by atoms with Gasteiger partial charge in [0.25, 0.3) is 0 Å². The van der Waals surface area contributed by atoms with E-state index in [4.69, 9.17) is 5.73 Å². The first-order valence-electron chi connectivity index (χ1n) is 4.85. The predicted molar refractivity (Wildman–Crippen MR) is 59.5 cm³/mol. The molecule has 0 bridgehead atoms. The Bertz CT molecular complexity index is 307. The Morgan fingerprint density at radius 1 is 1.71 bits per heavy atom. The van der Waals surface area contributed by atoms with Crippen molar-refractivity contribution in [2.75, 3.05) is 6.54 Å². The Morgan fingerprint density at radius 2 is 2.50 bits per heavy atom. The van der Waals surface area contributed by atoms with Crippen LogP contribution in [-0.4, -0.2) is 17.6 Å². The summed E-state index contributed by atoms with van der Waals surface area (Å²) in [6.45, 7) is 3.61. The molecule has 1 unspecified atom stereocenters. The second-order valence-corrected chi connectivity index (χ2v) is 4.20. The standard InChI is InChI=1S/C9H17N3OS/c1-2-3-7(10)4-11-5-8-6-14-9(13)12-8/h6-7,11H,2-5,10H2,1H3,(H,12,13). The lowest BCUT2D eigenvalue weighted by Gasteiger charge is -2.10. The molecule has 0 radical (unpaired) electrons. The first kappa shape index (κ1) is 11.4. The minimum absolute atomic E-state index is 0.000318. The molecule has 0 saturated carbocycles. The van der Waals surface area contributed by atoms with Gasteiger partial charge in [-0.25, -0.2) is 0 Å². The van der Waals surface area contributed by atoms with E-state index in [0.717, 1.165) is 25.1 Å². The van der Waals surface area contributed by atoms with Gasteiger partial charge in [0.15, 0.2) is 0 Å². The zero-order chi connectivity index (χ0) is 10.4. The van der Waals surface area contributed by atoms with Crippen LogP contribution in [0.3, 0.4) is 0 Å². The van der Waals surface area contributed by atoms with Crippen molar-refractivity contribution < 1.29 is 0 Å². The van der Waals surface area contributed by atoms with Crippen LogP contribution >= 0.6 is 11.3 Å². The fourth-order valence-corrected chi connectivity index (χ4v) is 1.85. The molecule has 1 atom stereocenters. The molecular formula is C9H17N3OS. The van der Waals surface area contributed by atoms with Crippen molar-refractivity contribution in [2.24, 2.45) is 5.73 Å². The van der Waals surface area contributed by atoms with E-state index in [0.29, 0.717) is 6.54 Å². The molecule has 4 nitrogen and oxygen atoms in total. The zero-order valence-corrected chi connectivity index (χ0v) is 9.19. The minimum Gasteiger partial charge on any atom is -0.327 e. The smallest absolute Gasteiger partial charge is 0.304 e. The van der Waals surface area contributed by atoms with Gasteiger partial charge in [-0.05, 0) is 6.42 Å². The second-order valence-electron chi connectivity index (χ2n) is 3.35. The van der Waals surface area contributed by atoms with Crippen LogP contribution in [0.4, 0.5) is 0 Å². The molecule has 0 aliphatic rings. The fourth-order valence-electron chi connectivity index (χ4n) is 1.27. The van der Waals surface area contributed by atoms with Crippen LogP contribution in [0.5, 0.6) is 0 Å². The maximum atomic E-state index is 10.8. The molecule has 1 heterocycles. The third kappa shape index (κ3) is 4.04. The van der Waals surface area contributed by atoms with Crippen molar-refractivity contribution in [3.8, 4) is 0 Å². The van der Waals surface area contributed by atoms with Gasteiger partial charge >= 0.3 is 4.87 Å². The molecule has 0 aliphatic carbocycles. The third-order valence-corrected chi connectivity index (χ3v) is 2.67. The molecule has 0 saturated heterocycles. The highest BCUT2D eigenvalue weighted by atomic mass is 32.1. The molecule has 0 spiro atoms. The molecule has 80 valence electrons. The van der Waals surface area contributed by atoms with Gasteiger partial charge < -0.3 is 16.0 Å². The van der Waals surface area contributed by atoms with Crippen LogP contribution in [0.15, 0.2) is 10.2 Å². The summed E-state index contributed by atoms with van der Waals surface area (Å²) >= 11 is 1.19. The lowest BCUT2D eigenvalue weighted by Crippen LogP contribution is -2.33. The topological polar surface area (TPSA) is 70.9 Å². The Hall–Kier alpha value is -0.650. The number of thiazole rings is 1. The number of aromatic amines is 1. The monoisotopic (exact) mass is 215 g/mol. The lowest BCUT2D eigenvalue weighted by atomic mass is 10.2. The molecule has 4 N–H and O–H groups in total. The van der Waals surface area contributed by atoms with Crippen molar-refractivity contribution in [1.82, 2.24) is 10.3 Å². The predicted octanol–water partition coefficient (Wildman–Crippen LogP) is 0.653. The molecular weight excluding hydrogens is 198 g/mol. The molecule has 0 aromatic carbocycles. The third-order valence-electron chi connectivity index (χ3n) is 1.95. The van der Waals surface area contributed by atoms with Gasteiger partial charge in [-0.1, -0.05) is 24.7 Å². The average Bonchev–Trinajstić information content (AvgIpc) is 2.52. The van der Waals surface area contributed by atoms with Gasteiger partial charge in [-0.3, -0.25) is 4.79 Å². The molecule has 0 amide bonds. The molecule has 1 aromatic heterocycles. The van der Waals surface area contributed by atoms with E-state index in [1.807, 2.05) is 5.38 Å². The highest BCUT2D eigenvalue weighted by Gasteiger charge is 2.00. The Morgan fingerprint density at radius 3 is 3.07 bits per heavy atom. The summed E-state index contributed by atoms with van der Waals surface area (Å²) < 4.78 is 0. The summed E-state index contributed by atoms with van der Waals surface area (Å²) in [5, 5.41) is 5.05. The largest absolute Gasteiger partial charge is 0.327 e. The Kier molecular flexibility index (Phi) is 4.86. The van der Waals surface area contributed by atoms with Crippen molar-refractivity contribution in [2.45, 2.75) is 32.4 Å². The number of aromatic nitrogens is 1. The van der Waals surface area contributed by atoms with Gasteiger partial charge in [0.1, 0.15) is 0 Å². The molecule has 1 aromatic rings. The normalized spacial score (nSPS) is 13.0. The number of hydrogen-bond acceptors (Lipinski definition) is 4. The zero-order valence-electron chi connectivity index (χ0n) is 8.38. The van der Waals surface area contributed by atoms with Crippen molar-refractivity contribution in [3.05, 3.63) is 20.7 Å². The molecule has 1 rings (SSSR count). The molecule has 14 heavy (non-hydrogen) atoms. The van der Waals surface area contributed by atoms with Crippen LogP contribution in [0.25, 0.3) is 0 Å². The van der Waals surface area contributed by atoms with E-state index in [2.05, 4.69) is 17.2 Å². The highest BCUT2D eigenvalue weighted by Crippen LogP contribution is 1.95. The Labute approximate surface area is 87.5 Å². The van der Waals surface area contributed by atoms with E-state index in [1.165, 1.54) is 11.3 Å². The molecule has 0 fully saturated rings. The second kappa shape index (κ2) is 5.95. The number of nitrogens with two attached hydrogens (primary N) is 1. The number of H-pyrrole nitrogens is 1. The van der Waals surface area contributed by atoms with Gasteiger partial charge in [0.05, 0.1) is 0 Å². The summed E-state index contributed by atoms with van der Waals surface area (Å²) in [4.78, 5) is 13.5. The van der Waals surface area contributed by atoms with E-state index >= 15 is 0 Å². The first-order chi connectivity index (χ1) is 6.72. The van der Waals surface area contributed by atoms with Crippen LogP contribution in [0, 0.1) is 0 Å². The summed E-state index contributed by atoms with van der Waals surface area (Å²) in [6.07, 6.45) is 2.14. The van der Waals surface area contributed by atoms with Crippen LogP contribution in [0.1, 0.15) is 25.5 Å². The number of rotatable bonds is 6. The van der Waals surface area contributed by atoms with Gasteiger partial charge in [-0.15, -0.1) is 0 Å². The van der Waals surface area contributed by atoms with Gasteiger partial charge in [0, 0.05) is 30.2 Å². The van der Waals surface area contributed by atoms with Crippen LogP contribution in [0.2, 0.25) is 0 Å². The molecule has 5 heteroatoms. The maximum absolute atomic E-state index is 10.8. The summed E-state index contributed by atoms with van der Waals surface area (Å²) in [5.41, 5.74) is 6.76. The number of nitrogens with one attached hydrogen (secondary N) is 2. The highest BCUT2D eigenvalue weighted by molar-refractivity contribution is 7.07. The number of hydrogen-bond donors (Lipinski definition) is 3. The van der Waals surface area contributed by atoms with Crippen molar-refractivity contribution in [1.29, 1.82) is 0 Å². The van der Waals surface area contributed by atoms with Gasteiger partial charge in [0.2, 0.25) is 0 Å². The van der Waals surface area contributed by atoms with E-state index in [-0.39, 0.29) is 10.9 Å². The lowest BCUT2D eigenvalue weighted by molar-refractivity contribution is 0.536. The fraction of sp³-hybridized carbons (Fsp3) is 0.667. The Balaban J connectivity index is 2.18. The molecule has 0 aliphatic heterocycles. The quantitative estimate of drug-likeness (QED) is 0.652. The summed E-state index contributed by atoms with van der Waals surface area (Å²) in [6, 6.07) is 0.213. The van der Waals surface area contributed by atoms with Crippen LogP contribution < -0.4 is 15.9 Å². The van der Waals surface area contributed by atoms with Gasteiger partial charge in [-0.2, -0.15) is 0 Å². The maximum Gasteiger partial charge on any atom is 0.304 e. The van der Waals surface area contributed by atoms with E-state index in [9.17, 15) is 4.79 Å². The van der Waals surface area contributed by atoms with E-state index < -0.39 is 0 Å². The van der Waals surface area contributed by atoms with Crippen LogP contribution in [-0.2, 0) is 6.54 Å². The summed E-state index contributed by atoms with van der Waals surface area (Å²) in [7, 11) is 0. The van der Waals surface area contributed by atoms with Crippen molar-refractivity contribution in [3.63, 3.8) is 0 Å². The SMILES string of the molecule is CCCC(N)CNCc1csc(=O)[nH]1. The average molecular weight is 215 g/mol. The first-order valence-corrected chi connectivity index (χ1v) is 5.73. The summed E-state index contributed by atoms with van der Waals surface area (Å²) in [5.74, 6) is 0.